The molecule has 0 heterocycles. The minimum atomic E-state index is -4.22. The van der Waals surface area contributed by atoms with Gasteiger partial charge in [-0.3, -0.25) is 0 Å². The molecule has 2 nitrogen and oxygen atoms in total. The van der Waals surface area contributed by atoms with Gasteiger partial charge in [0.25, 0.3) is 0 Å². The van der Waals surface area contributed by atoms with Crippen molar-refractivity contribution in [3.63, 3.8) is 0 Å². The van der Waals surface area contributed by atoms with Gasteiger partial charge < -0.3 is 10.2 Å². The van der Waals surface area contributed by atoms with Gasteiger partial charge in [0.05, 0.1) is 5.69 Å². The lowest BCUT2D eigenvalue weighted by molar-refractivity contribution is -0.120. The van der Waals surface area contributed by atoms with Crippen molar-refractivity contribution in [3.05, 3.63) is 28.2 Å². The lowest BCUT2D eigenvalue weighted by atomic mass is 10.1. The van der Waals surface area contributed by atoms with Crippen LogP contribution < -0.4 is 10.2 Å². The van der Waals surface area contributed by atoms with E-state index in [-0.39, 0.29) is 12.1 Å². The maximum atomic E-state index is 12.7. The van der Waals surface area contributed by atoms with Crippen molar-refractivity contribution in [3.8, 4) is 0 Å². The zero-order valence-electron chi connectivity index (χ0n) is 12.8. The van der Waals surface area contributed by atoms with Gasteiger partial charge in [-0.1, -0.05) is 13.0 Å². The summed E-state index contributed by atoms with van der Waals surface area (Å²) < 4.78 is 38.9. The normalized spacial score (nSPS) is 13.6. The maximum Gasteiger partial charge on any atom is 0.405 e. The number of anilines is 1. The SMILES string of the molecule is CCNC(C)c1ccc(N(CC(F)(F)F)C(C)C)c(Br)c1. The molecule has 0 spiro atoms. The summed E-state index contributed by atoms with van der Waals surface area (Å²) in [6, 6.07) is 5.43. The minimum absolute atomic E-state index is 0.162. The molecule has 1 unspecified atom stereocenters. The van der Waals surface area contributed by atoms with Crippen LogP contribution in [-0.2, 0) is 0 Å². The number of nitrogens with one attached hydrogen (secondary N) is 1. The zero-order chi connectivity index (χ0) is 16.2. The number of benzene rings is 1. The van der Waals surface area contributed by atoms with Crippen LogP contribution in [-0.4, -0.2) is 25.3 Å². The summed E-state index contributed by atoms with van der Waals surface area (Å²) in [7, 11) is 0. The highest BCUT2D eigenvalue weighted by Crippen LogP contribution is 2.32. The van der Waals surface area contributed by atoms with Crippen molar-refractivity contribution in [2.75, 3.05) is 18.0 Å². The summed E-state index contributed by atoms with van der Waals surface area (Å²) in [5.74, 6) is 0. The second-order valence-corrected chi connectivity index (χ2v) is 6.18. The Hall–Kier alpha value is -0.750. The van der Waals surface area contributed by atoms with Gasteiger partial charge >= 0.3 is 6.18 Å². The quantitative estimate of drug-likeness (QED) is 0.770. The average molecular weight is 367 g/mol. The van der Waals surface area contributed by atoms with Crippen LogP contribution in [0.5, 0.6) is 0 Å². The molecule has 0 aromatic heterocycles. The average Bonchev–Trinajstić information content (AvgIpc) is 2.35. The molecule has 6 heteroatoms. The molecule has 0 aliphatic heterocycles. The van der Waals surface area contributed by atoms with Gasteiger partial charge in [0.15, 0.2) is 0 Å². The van der Waals surface area contributed by atoms with Gasteiger partial charge in [-0.15, -0.1) is 0 Å². The number of alkyl halides is 3. The van der Waals surface area contributed by atoms with Crippen LogP contribution in [0.4, 0.5) is 18.9 Å². The van der Waals surface area contributed by atoms with E-state index in [1.54, 1.807) is 19.9 Å². The Labute approximate surface area is 132 Å². The van der Waals surface area contributed by atoms with E-state index in [1.165, 1.54) is 4.90 Å². The lowest BCUT2D eigenvalue weighted by Gasteiger charge is -2.31. The first kappa shape index (κ1) is 18.3. The molecule has 0 bridgehead atoms. The summed E-state index contributed by atoms with van der Waals surface area (Å²) in [6.07, 6.45) is -4.22. The second kappa shape index (κ2) is 7.49. The molecule has 21 heavy (non-hydrogen) atoms. The highest BCUT2D eigenvalue weighted by Gasteiger charge is 2.32. The molecule has 120 valence electrons. The third kappa shape index (κ3) is 5.51. The number of rotatable bonds is 6. The number of hydrogen-bond acceptors (Lipinski definition) is 2. The molecule has 1 aromatic carbocycles. The topological polar surface area (TPSA) is 15.3 Å². The van der Waals surface area contributed by atoms with Crippen LogP contribution in [0.1, 0.15) is 39.3 Å². The fraction of sp³-hybridized carbons (Fsp3) is 0.600. The summed E-state index contributed by atoms with van der Waals surface area (Å²) >= 11 is 3.41. The summed E-state index contributed by atoms with van der Waals surface area (Å²) in [5.41, 5.74) is 1.61. The smallest absolute Gasteiger partial charge is 0.359 e. The molecule has 1 atom stereocenters. The maximum absolute atomic E-state index is 12.7. The summed E-state index contributed by atoms with van der Waals surface area (Å²) in [4.78, 5) is 1.35. The van der Waals surface area contributed by atoms with E-state index in [2.05, 4.69) is 21.2 Å². The Kier molecular flexibility index (Phi) is 6.53. The van der Waals surface area contributed by atoms with E-state index in [1.807, 2.05) is 26.0 Å². The minimum Gasteiger partial charge on any atom is -0.359 e. The third-order valence-corrected chi connectivity index (χ3v) is 3.90. The van der Waals surface area contributed by atoms with Gasteiger partial charge in [-0.25, -0.2) is 0 Å². The first-order valence-corrected chi connectivity index (χ1v) is 7.81. The number of halogens is 4. The highest BCUT2D eigenvalue weighted by atomic mass is 79.9. The molecular formula is C15H22BrF3N2. The molecular weight excluding hydrogens is 345 g/mol. The van der Waals surface area contributed by atoms with E-state index in [0.717, 1.165) is 12.1 Å². The van der Waals surface area contributed by atoms with Crippen LogP contribution >= 0.6 is 15.9 Å². The first-order valence-electron chi connectivity index (χ1n) is 7.02. The molecule has 0 aliphatic rings. The molecule has 1 aromatic rings. The highest BCUT2D eigenvalue weighted by molar-refractivity contribution is 9.10. The Morgan fingerprint density at radius 2 is 1.86 bits per heavy atom. The van der Waals surface area contributed by atoms with E-state index in [9.17, 15) is 13.2 Å². The lowest BCUT2D eigenvalue weighted by Crippen LogP contribution is -2.39. The van der Waals surface area contributed by atoms with Crippen molar-refractivity contribution in [1.82, 2.24) is 5.32 Å². The van der Waals surface area contributed by atoms with Crippen LogP contribution in [0.15, 0.2) is 22.7 Å². The van der Waals surface area contributed by atoms with Crippen molar-refractivity contribution in [2.24, 2.45) is 0 Å². The third-order valence-electron chi connectivity index (χ3n) is 3.26. The Balaban J connectivity index is 3.05. The van der Waals surface area contributed by atoms with E-state index >= 15 is 0 Å². The van der Waals surface area contributed by atoms with Gasteiger partial charge in [0, 0.05) is 16.6 Å². The second-order valence-electron chi connectivity index (χ2n) is 5.33. The monoisotopic (exact) mass is 366 g/mol. The number of nitrogens with zero attached hydrogens (tertiary/aromatic N) is 1. The van der Waals surface area contributed by atoms with Crippen LogP contribution in [0.3, 0.4) is 0 Å². The van der Waals surface area contributed by atoms with Crippen molar-refractivity contribution in [2.45, 2.75) is 46.0 Å². The molecule has 0 aliphatic carbocycles. The molecule has 0 fully saturated rings. The Bertz CT molecular complexity index is 461. The summed E-state index contributed by atoms with van der Waals surface area (Å²) in [6.45, 7) is 7.45. The standard InChI is InChI=1S/C15H22BrF3N2/c1-5-20-11(4)12-6-7-14(13(16)8-12)21(10(2)3)9-15(17,18)19/h6-8,10-11,20H,5,9H2,1-4H3. The fourth-order valence-electron chi connectivity index (χ4n) is 2.19. The summed E-state index contributed by atoms with van der Waals surface area (Å²) in [5, 5.41) is 3.28. The predicted molar refractivity (Wildman–Crippen MR) is 84.8 cm³/mol. The Morgan fingerprint density at radius 1 is 1.24 bits per heavy atom. The van der Waals surface area contributed by atoms with E-state index < -0.39 is 12.7 Å². The molecule has 1 rings (SSSR count). The molecule has 0 radical (unpaired) electrons. The largest absolute Gasteiger partial charge is 0.405 e. The van der Waals surface area contributed by atoms with Gasteiger partial charge in [0.1, 0.15) is 6.54 Å². The van der Waals surface area contributed by atoms with Crippen LogP contribution in [0.2, 0.25) is 0 Å². The van der Waals surface area contributed by atoms with Gasteiger partial charge in [0.2, 0.25) is 0 Å². The van der Waals surface area contributed by atoms with Gasteiger partial charge in [-0.2, -0.15) is 13.2 Å². The molecule has 0 amide bonds. The first-order chi connectivity index (χ1) is 9.65. The fourth-order valence-corrected chi connectivity index (χ4v) is 2.81. The van der Waals surface area contributed by atoms with Crippen molar-refractivity contribution < 1.29 is 13.2 Å². The Morgan fingerprint density at radius 3 is 2.29 bits per heavy atom. The van der Waals surface area contributed by atoms with Crippen molar-refractivity contribution in [1.29, 1.82) is 0 Å². The van der Waals surface area contributed by atoms with E-state index in [0.29, 0.717) is 10.2 Å². The number of hydrogen-bond donors (Lipinski definition) is 1. The van der Waals surface area contributed by atoms with E-state index in [4.69, 9.17) is 0 Å². The molecule has 1 N–H and O–H groups in total. The zero-order valence-corrected chi connectivity index (χ0v) is 14.3. The molecule has 0 saturated carbocycles. The van der Waals surface area contributed by atoms with Crippen LogP contribution in [0.25, 0.3) is 0 Å². The predicted octanol–water partition coefficient (Wildman–Crippen LogP) is 4.90. The molecule has 0 saturated heterocycles. The van der Waals surface area contributed by atoms with Gasteiger partial charge in [-0.05, 0) is 60.9 Å². The van der Waals surface area contributed by atoms with Crippen LogP contribution in [0, 0.1) is 0 Å². The van der Waals surface area contributed by atoms with Crippen molar-refractivity contribution >= 4 is 21.6 Å².